The van der Waals surface area contributed by atoms with E-state index in [0.29, 0.717) is 29.3 Å². The number of nitrogens with one attached hydrogen (secondary N) is 2. The summed E-state index contributed by atoms with van der Waals surface area (Å²) in [4.78, 5) is 4.88. The van der Waals surface area contributed by atoms with Gasteiger partial charge in [-0.2, -0.15) is 10.2 Å². The Hall–Kier alpha value is -3.00. The molecule has 0 spiro atoms. The Morgan fingerprint density at radius 2 is 2.10 bits per heavy atom. The fourth-order valence-electron chi connectivity index (χ4n) is 4.02. The molecule has 1 aliphatic rings. The van der Waals surface area contributed by atoms with Crippen molar-refractivity contribution in [1.82, 2.24) is 29.7 Å². The highest BCUT2D eigenvalue weighted by molar-refractivity contribution is 6.07. The predicted octanol–water partition coefficient (Wildman–Crippen LogP) is 3.30. The van der Waals surface area contributed by atoms with Gasteiger partial charge in [0.2, 0.25) is 0 Å². The van der Waals surface area contributed by atoms with Crippen molar-refractivity contribution in [3.8, 4) is 11.3 Å². The molecule has 3 aromatic heterocycles. The highest BCUT2D eigenvalue weighted by Gasteiger charge is 2.27. The maximum absolute atomic E-state index is 9.19. The molecule has 8 heteroatoms. The van der Waals surface area contributed by atoms with E-state index in [9.17, 15) is 5.11 Å². The van der Waals surface area contributed by atoms with Gasteiger partial charge < -0.3 is 15.8 Å². The first-order valence-corrected chi connectivity index (χ1v) is 10.6. The second kappa shape index (κ2) is 8.79. The lowest BCUT2D eigenvalue weighted by Gasteiger charge is -2.34. The number of fused-ring (bicyclic) bond motifs is 1. The van der Waals surface area contributed by atoms with Crippen LogP contribution in [-0.2, 0) is 0 Å². The van der Waals surface area contributed by atoms with Gasteiger partial charge in [-0.15, -0.1) is 0 Å². The van der Waals surface area contributed by atoms with E-state index in [-0.39, 0.29) is 6.61 Å². The van der Waals surface area contributed by atoms with Crippen molar-refractivity contribution in [2.45, 2.75) is 51.6 Å². The van der Waals surface area contributed by atoms with E-state index < -0.39 is 0 Å². The first kappa shape index (κ1) is 20.3. The maximum atomic E-state index is 9.19. The van der Waals surface area contributed by atoms with E-state index >= 15 is 0 Å². The molecule has 0 bridgehead atoms. The van der Waals surface area contributed by atoms with Crippen LogP contribution in [0.15, 0.2) is 37.1 Å². The largest absolute Gasteiger partial charge is 0.396 e. The van der Waals surface area contributed by atoms with Crippen molar-refractivity contribution >= 4 is 17.3 Å². The molecule has 1 fully saturated rings. The number of aliphatic hydroxyl groups excluding tert-OH is 1. The van der Waals surface area contributed by atoms with Crippen LogP contribution in [0.25, 0.3) is 22.3 Å². The number of hydrogen-bond acceptors (Lipinski definition) is 6. The minimum Gasteiger partial charge on any atom is -0.396 e. The van der Waals surface area contributed by atoms with Crippen molar-refractivity contribution in [2.75, 3.05) is 6.61 Å². The van der Waals surface area contributed by atoms with Crippen LogP contribution in [0.5, 0.6) is 0 Å². The monoisotopic (exact) mass is 407 g/mol. The molecule has 158 valence electrons. The Bertz CT molecular complexity index is 1040. The summed E-state index contributed by atoms with van der Waals surface area (Å²) in [6.07, 6.45) is 14.6. The van der Waals surface area contributed by atoms with Gasteiger partial charge in [0.15, 0.2) is 0 Å². The van der Waals surface area contributed by atoms with Gasteiger partial charge >= 0.3 is 0 Å². The SMILES string of the molecule is CCC(CC)n1cc(-c2nc(/C(C=N)=C/N[C@H]3C[C@@H](CO)C3)cn3nccc23)cn1. The zero-order chi connectivity index (χ0) is 21.1. The zero-order valence-electron chi connectivity index (χ0n) is 17.5. The smallest absolute Gasteiger partial charge is 0.0999 e. The molecule has 3 aromatic rings. The van der Waals surface area contributed by atoms with Gasteiger partial charge in [-0.1, -0.05) is 13.8 Å². The molecule has 0 aromatic carbocycles. The molecule has 0 unspecified atom stereocenters. The molecule has 3 heterocycles. The Labute approximate surface area is 176 Å². The molecule has 8 nitrogen and oxygen atoms in total. The molecular weight excluding hydrogens is 378 g/mol. The third-order valence-electron chi connectivity index (χ3n) is 6.00. The molecule has 0 aliphatic heterocycles. The second-order valence-corrected chi connectivity index (χ2v) is 7.94. The van der Waals surface area contributed by atoms with Crippen LogP contribution in [0.4, 0.5) is 0 Å². The summed E-state index contributed by atoms with van der Waals surface area (Å²) >= 11 is 0. The number of aliphatic hydroxyl groups is 1. The molecule has 1 aliphatic carbocycles. The number of hydrogen-bond donors (Lipinski definition) is 3. The zero-order valence-corrected chi connectivity index (χ0v) is 17.5. The van der Waals surface area contributed by atoms with E-state index in [0.717, 1.165) is 42.5 Å². The number of nitrogens with zero attached hydrogens (tertiary/aromatic N) is 5. The number of aromatic nitrogens is 5. The fraction of sp³-hybridized carbons (Fsp3) is 0.455. The summed E-state index contributed by atoms with van der Waals surface area (Å²) in [6.45, 7) is 4.58. The summed E-state index contributed by atoms with van der Waals surface area (Å²) in [6, 6.07) is 2.65. The summed E-state index contributed by atoms with van der Waals surface area (Å²) in [5, 5.41) is 29.4. The molecular formula is C22H29N7O. The van der Waals surface area contributed by atoms with Gasteiger partial charge in [0.1, 0.15) is 0 Å². The summed E-state index contributed by atoms with van der Waals surface area (Å²) in [7, 11) is 0. The predicted molar refractivity (Wildman–Crippen MR) is 117 cm³/mol. The Balaban J connectivity index is 1.66. The average Bonchev–Trinajstić information content (AvgIpc) is 3.40. The normalized spacial score (nSPS) is 19.3. The number of allylic oxidation sites excluding steroid dienone is 1. The highest BCUT2D eigenvalue weighted by Crippen LogP contribution is 2.28. The van der Waals surface area contributed by atoms with Gasteiger partial charge in [0.25, 0.3) is 0 Å². The molecule has 0 radical (unpaired) electrons. The fourth-order valence-corrected chi connectivity index (χ4v) is 4.02. The van der Waals surface area contributed by atoms with Crippen LogP contribution in [-0.4, -0.2) is 48.3 Å². The summed E-state index contributed by atoms with van der Waals surface area (Å²) in [5.41, 5.74) is 4.02. The minimum absolute atomic E-state index is 0.241. The van der Waals surface area contributed by atoms with Crippen molar-refractivity contribution in [3.05, 3.63) is 42.7 Å². The lowest BCUT2D eigenvalue weighted by Crippen LogP contribution is -2.40. The topological polar surface area (TPSA) is 104 Å². The van der Waals surface area contributed by atoms with Crippen LogP contribution in [0.1, 0.15) is 51.3 Å². The third-order valence-corrected chi connectivity index (χ3v) is 6.00. The van der Waals surface area contributed by atoms with Gasteiger partial charge in [0.05, 0.1) is 41.5 Å². The highest BCUT2D eigenvalue weighted by atomic mass is 16.3. The van der Waals surface area contributed by atoms with Crippen LogP contribution in [0.2, 0.25) is 0 Å². The Morgan fingerprint density at radius 1 is 1.30 bits per heavy atom. The summed E-state index contributed by atoms with van der Waals surface area (Å²) in [5.74, 6) is 0.385. The van der Waals surface area contributed by atoms with Crippen LogP contribution < -0.4 is 5.32 Å². The van der Waals surface area contributed by atoms with E-state index in [4.69, 9.17) is 10.4 Å². The maximum Gasteiger partial charge on any atom is 0.0999 e. The van der Waals surface area contributed by atoms with Crippen LogP contribution in [0.3, 0.4) is 0 Å². The van der Waals surface area contributed by atoms with E-state index in [2.05, 4.69) is 29.4 Å². The first-order valence-electron chi connectivity index (χ1n) is 10.6. The van der Waals surface area contributed by atoms with Crippen molar-refractivity contribution in [1.29, 1.82) is 5.41 Å². The molecule has 3 N–H and O–H groups in total. The van der Waals surface area contributed by atoms with E-state index in [1.54, 1.807) is 10.7 Å². The van der Waals surface area contributed by atoms with Crippen LogP contribution >= 0.6 is 0 Å². The first-order chi connectivity index (χ1) is 14.7. The summed E-state index contributed by atoms with van der Waals surface area (Å²) < 4.78 is 3.81. The van der Waals surface area contributed by atoms with Crippen LogP contribution in [0, 0.1) is 11.3 Å². The van der Waals surface area contributed by atoms with E-state index in [1.807, 2.05) is 35.5 Å². The van der Waals surface area contributed by atoms with Crippen molar-refractivity contribution in [3.63, 3.8) is 0 Å². The van der Waals surface area contributed by atoms with Gasteiger partial charge in [-0.05, 0) is 37.7 Å². The molecule has 0 saturated heterocycles. The molecule has 0 atom stereocenters. The standard InChI is InChI=1S/C22H29N7O/c1-3-19(4-2)28-12-17(11-26-28)22-21-5-6-25-29(21)13-20(27-22)16(9-23)10-24-18-7-15(8-18)14-30/h5-6,9-13,15,18-19,23-24,30H,3-4,7-8,14H2,1-2H3/b16-10+,23-9?/t15-,18+. The van der Waals surface area contributed by atoms with Gasteiger partial charge in [0, 0.05) is 42.4 Å². The lowest BCUT2D eigenvalue weighted by atomic mass is 9.81. The van der Waals surface area contributed by atoms with E-state index in [1.165, 1.54) is 6.21 Å². The number of rotatable bonds is 9. The molecule has 1 saturated carbocycles. The van der Waals surface area contributed by atoms with Gasteiger partial charge in [-0.25, -0.2) is 9.50 Å². The Kier molecular flexibility index (Phi) is 5.94. The molecule has 0 amide bonds. The average molecular weight is 408 g/mol. The third kappa shape index (κ3) is 3.87. The second-order valence-electron chi connectivity index (χ2n) is 7.94. The molecule has 30 heavy (non-hydrogen) atoms. The Morgan fingerprint density at radius 3 is 2.80 bits per heavy atom. The lowest BCUT2D eigenvalue weighted by molar-refractivity contribution is 0.134. The minimum atomic E-state index is 0.241. The molecule has 4 rings (SSSR count). The quantitative estimate of drug-likeness (QED) is 0.472. The van der Waals surface area contributed by atoms with Crippen molar-refractivity contribution < 1.29 is 5.11 Å². The van der Waals surface area contributed by atoms with Gasteiger partial charge in [-0.3, -0.25) is 4.68 Å². The van der Waals surface area contributed by atoms with Crippen molar-refractivity contribution in [2.24, 2.45) is 5.92 Å².